The molecule has 1 aliphatic heterocycles. The van der Waals surface area contributed by atoms with Crippen LogP contribution in [0.4, 0.5) is 0 Å². The van der Waals surface area contributed by atoms with Crippen molar-refractivity contribution in [3.05, 3.63) is 67.0 Å². The third-order valence-electron chi connectivity index (χ3n) is 6.17. The van der Waals surface area contributed by atoms with Gasteiger partial charge in [-0.1, -0.05) is 42.5 Å². The number of hydrogen-bond acceptors (Lipinski definition) is 4. The summed E-state index contributed by atoms with van der Waals surface area (Å²) in [6, 6.07) is 18.7. The van der Waals surface area contributed by atoms with Crippen molar-refractivity contribution in [3.8, 4) is 11.1 Å². The average molecular weight is 382 g/mol. The number of aromatic nitrogens is 2. The van der Waals surface area contributed by atoms with E-state index in [9.17, 15) is 0 Å². The quantitative estimate of drug-likeness (QED) is 0.371. The van der Waals surface area contributed by atoms with E-state index < -0.39 is 0 Å². The third kappa shape index (κ3) is 3.02. The smallest absolute Gasteiger partial charge is 0.399 e. The molecule has 2 aromatic heterocycles. The van der Waals surface area contributed by atoms with Crippen molar-refractivity contribution >= 4 is 34.4 Å². The fourth-order valence-electron chi connectivity index (χ4n) is 3.74. The standard InChI is InChI=1S/C24H23BN2O2/c1-23(2)24(3,4)29-25(28-23)20-9-5-7-17(14-20)19-13-18-11-10-16-8-6-12-26-21(16)22(18)27-15-19/h5-15H,1-4H3. The molecule has 4 aromatic rings. The average Bonchev–Trinajstić information content (AvgIpc) is 2.95. The van der Waals surface area contributed by atoms with Gasteiger partial charge in [0.1, 0.15) is 0 Å². The molecule has 4 nitrogen and oxygen atoms in total. The van der Waals surface area contributed by atoms with E-state index >= 15 is 0 Å². The maximum Gasteiger partial charge on any atom is 0.494 e. The van der Waals surface area contributed by atoms with Crippen LogP contribution in [0.25, 0.3) is 32.9 Å². The van der Waals surface area contributed by atoms with Gasteiger partial charge in [0.25, 0.3) is 0 Å². The van der Waals surface area contributed by atoms with Gasteiger partial charge in [0.05, 0.1) is 22.2 Å². The van der Waals surface area contributed by atoms with Crippen molar-refractivity contribution in [1.29, 1.82) is 0 Å². The predicted octanol–water partition coefficient (Wildman–Crippen LogP) is 4.75. The number of pyridine rings is 2. The Kier molecular flexibility index (Phi) is 4.02. The molecule has 29 heavy (non-hydrogen) atoms. The zero-order valence-electron chi connectivity index (χ0n) is 17.1. The van der Waals surface area contributed by atoms with Crippen molar-refractivity contribution < 1.29 is 9.31 Å². The lowest BCUT2D eigenvalue weighted by atomic mass is 9.78. The van der Waals surface area contributed by atoms with Gasteiger partial charge in [-0.25, -0.2) is 0 Å². The van der Waals surface area contributed by atoms with Gasteiger partial charge in [0.2, 0.25) is 0 Å². The number of hydrogen-bond donors (Lipinski definition) is 0. The summed E-state index contributed by atoms with van der Waals surface area (Å²) >= 11 is 0. The van der Waals surface area contributed by atoms with Crippen molar-refractivity contribution in [2.45, 2.75) is 38.9 Å². The molecule has 1 saturated heterocycles. The Hall–Kier alpha value is -2.76. The van der Waals surface area contributed by atoms with Crippen molar-refractivity contribution in [2.24, 2.45) is 0 Å². The Labute approximate surface area is 171 Å². The molecule has 1 fully saturated rings. The van der Waals surface area contributed by atoms with E-state index in [0.717, 1.165) is 38.4 Å². The summed E-state index contributed by atoms with van der Waals surface area (Å²) in [6.07, 6.45) is 3.73. The second kappa shape index (κ2) is 6.38. The van der Waals surface area contributed by atoms with Crippen molar-refractivity contribution in [2.75, 3.05) is 0 Å². The topological polar surface area (TPSA) is 44.2 Å². The van der Waals surface area contributed by atoms with Crippen LogP contribution in [0.1, 0.15) is 27.7 Å². The minimum Gasteiger partial charge on any atom is -0.399 e. The second-order valence-corrected chi connectivity index (χ2v) is 8.65. The largest absolute Gasteiger partial charge is 0.494 e. The molecule has 0 saturated carbocycles. The monoisotopic (exact) mass is 382 g/mol. The SMILES string of the molecule is CC1(C)OB(c2cccc(-c3cnc4c(ccc5cccnc54)c3)c2)OC1(C)C. The van der Waals surface area contributed by atoms with Crippen LogP contribution in [-0.2, 0) is 9.31 Å². The van der Waals surface area contributed by atoms with Gasteiger partial charge in [-0.05, 0) is 50.9 Å². The first kappa shape index (κ1) is 18.3. The van der Waals surface area contributed by atoms with Gasteiger partial charge >= 0.3 is 7.12 Å². The first-order valence-corrected chi connectivity index (χ1v) is 9.94. The highest BCUT2D eigenvalue weighted by Gasteiger charge is 2.51. The predicted molar refractivity (Wildman–Crippen MR) is 118 cm³/mol. The van der Waals surface area contributed by atoms with Gasteiger partial charge in [-0.2, -0.15) is 0 Å². The molecule has 5 heteroatoms. The van der Waals surface area contributed by atoms with E-state index in [1.807, 2.05) is 24.5 Å². The summed E-state index contributed by atoms with van der Waals surface area (Å²) in [5.74, 6) is 0. The normalized spacial score (nSPS) is 17.9. The highest BCUT2D eigenvalue weighted by atomic mass is 16.7. The number of nitrogens with zero attached hydrogens (tertiary/aromatic N) is 2. The molecule has 1 aliphatic rings. The Morgan fingerprint density at radius 2 is 1.45 bits per heavy atom. The van der Waals surface area contributed by atoms with E-state index in [0.29, 0.717) is 0 Å². The van der Waals surface area contributed by atoms with Gasteiger partial charge in [-0.15, -0.1) is 0 Å². The molecular formula is C24H23BN2O2. The lowest BCUT2D eigenvalue weighted by Crippen LogP contribution is -2.41. The van der Waals surface area contributed by atoms with Crippen molar-refractivity contribution in [1.82, 2.24) is 9.97 Å². The molecule has 3 heterocycles. The molecule has 2 aromatic carbocycles. The van der Waals surface area contributed by atoms with E-state index in [-0.39, 0.29) is 18.3 Å². The Morgan fingerprint density at radius 1 is 0.724 bits per heavy atom. The minimum atomic E-state index is -0.374. The van der Waals surface area contributed by atoms with Crippen LogP contribution in [0, 0.1) is 0 Å². The molecule has 0 aliphatic carbocycles. The first-order valence-electron chi connectivity index (χ1n) is 9.94. The number of rotatable bonds is 2. The maximum atomic E-state index is 6.21. The molecule has 5 rings (SSSR count). The van der Waals surface area contributed by atoms with Crippen LogP contribution in [0.2, 0.25) is 0 Å². The molecule has 0 unspecified atom stereocenters. The van der Waals surface area contributed by atoms with Gasteiger partial charge in [-0.3, -0.25) is 9.97 Å². The zero-order chi connectivity index (χ0) is 20.2. The lowest BCUT2D eigenvalue weighted by Gasteiger charge is -2.32. The Bertz CT molecular complexity index is 1220. The van der Waals surface area contributed by atoms with Crippen LogP contribution < -0.4 is 5.46 Å². The number of fused-ring (bicyclic) bond motifs is 3. The highest BCUT2D eigenvalue weighted by Crippen LogP contribution is 2.36. The summed E-state index contributed by atoms with van der Waals surface area (Å²) in [6.45, 7) is 8.29. The van der Waals surface area contributed by atoms with Crippen LogP contribution >= 0.6 is 0 Å². The van der Waals surface area contributed by atoms with Crippen LogP contribution in [0.15, 0.2) is 67.0 Å². The minimum absolute atomic E-state index is 0.355. The lowest BCUT2D eigenvalue weighted by molar-refractivity contribution is 0.00578. The fourth-order valence-corrected chi connectivity index (χ4v) is 3.74. The maximum absolute atomic E-state index is 6.21. The van der Waals surface area contributed by atoms with E-state index in [4.69, 9.17) is 14.3 Å². The molecule has 0 spiro atoms. The molecule has 0 atom stereocenters. The van der Waals surface area contributed by atoms with Crippen LogP contribution in [0.3, 0.4) is 0 Å². The molecule has 144 valence electrons. The van der Waals surface area contributed by atoms with E-state index in [1.165, 1.54) is 0 Å². The first-order chi connectivity index (χ1) is 13.8. The zero-order valence-corrected chi connectivity index (χ0v) is 17.1. The summed E-state index contributed by atoms with van der Waals surface area (Å²) in [7, 11) is -0.374. The van der Waals surface area contributed by atoms with Gasteiger partial charge < -0.3 is 9.31 Å². The molecular weight excluding hydrogens is 359 g/mol. The third-order valence-corrected chi connectivity index (χ3v) is 6.17. The summed E-state index contributed by atoms with van der Waals surface area (Å²) in [5.41, 5.74) is 4.31. The summed E-state index contributed by atoms with van der Waals surface area (Å²) in [5, 5.41) is 2.18. The second-order valence-electron chi connectivity index (χ2n) is 8.65. The Balaban J connectivity index is 1.54. The summed E-state index contributed by atoms with van der Waals surface area (Å²) in [4.78, 5) is 9.24. The molecule has 0 amide bonds. The molecule has 0 radical (unpaired) electrons. The van der Waals surface area contributed by atoms with Gasteiger partial charge in [0, 0.05) is 28.7 Å². The highest BCUT2D eigenvalue weighted by molar-refractivity contribution is 6.62. The fraction of sp³-hybridized carbons (Fsp3) is 0.250. The molecule has 0 bridgehead atoms. The van der Waals surface area contributed by atoms with Crippen molar-refractivity contribution in [3.63, 3.8) is 0 Å². The van der Waals surface area contributed by atoms with Crippen LogP contribution in [0.5, 0.6) is 0 Å². The summed E-state index contributed by atoms with van der Waals surface area (Å²) < 4.78 is 12.4. The van der Waals surface area contributed by atoms with Gasteiger partial charge in [0.15, 0.2) is 0 Å². The Morgan fingerprint density at radius 3 is 2.24 bits per heavy atom. The van der Waals surface area contributed by atoms with Crippen LogP contribution in [-0.4, -0.2) is 28.3 Å². The number of benzene rings is 2. The molecule has 0 N–H and O–H groups in total. The van der Waals surface area contributed by atoms with E-state index in [2.05, 4.69) is 75.1 Å². The van der Waals surface area contributed by atoms with E-state index in [1.54, 1.807) is 0 Å².